The van der Waals surface area contributed by atoms with Crippen LogP contribution in [0.3, 0.4) is 0 Å². The molecule has 1 aromatic carbocycles. The lowest BCUT2D eigenvalue weighted by atomic mass is 10.1. The summed E-state index contributed by atoms with van der Waals surface area (Å²) in [6.07, 6.45) is 0. The molecule has 0 unspecified atom stereocenters. The van der Waals surface area contributed by atoms with Gasteiger partial charge in [-0.2, -0.15) is 0 Å². The number of aliphatic hydroxyl groups excluding tert-OH is 1. The van der Waals surface area contributed by atoms with Crippen molar-refractivity contribution in [2.24, 2.45) is 0 Å². The number of aryl methyl sites for hydroxylation is 1. The van der Waals surface area contributed by atoms with E-state index in [-0.39, 0.29) is 18.7 Å². The Morgan fingerprint density at radius 3 is 2.85 bits per heavy atom. The summed E-state index contributed by atoms with van der Waals surface area (Å²) >= 11 is 0. The fourth-order valence-electron chi connectivity index (χ4n) is 1.93. The Labute approximate surface area is 115 Å². The molecule has 1 heterocycles. The fourth-order valence-corrected chi connectivity index (χ4v) is 1.93. The number of fused-ring (bicyclic) bond motifs is 1. The van der Waals surface area contributed by atoms with Crippen LogP contribution in [0.4, 0.5) is 14.5 Å². The molecule has 2 aromatic rings. The minimum absolute atomic E-state index is 0.0174. The summed E-state index contributed by atoms with van der Waals surface area (Å²) in [5, 5.41) is 12.2. The third kappa shape index (κ3) is 3.20. The van der Waals surface area contributed by atoms with Gasteiger partial charge in [-0.3, -0.25) is 0 Å². The van der Waals surface area contributed by atoms with Crippen LogP contribution in [0, 0.1) is 18.6 Å². The fraction of sp³-hybridized carbons (Fsp3) is 0.357. The standard InChI is InChI=1S/C14H16F2N2O2/c1-9-8-12(17-4-6-20-7-5-19)10-2-3-11(15)13(16)14(10)18-9/h2-3,8,19H,4-7H2,1H3,(H,17,18). The smallest absolute Gasteiger partial charge is 0.185 e. The van der Waals surface area contributed by atoms with E-state index in [1.165, 1.54) is 6.07 Å². The van der Waals surface area contributed by atoms with Gasteiger partial charge in [0.2, 0.25) is 0 Å². The number of aliphatic hydroxyl groups is 1. The van der Waals surface area contributed by atoms with E-state index in [1.54, 1.807) is 13.0 Å². The molecule has 2 N–H and O–H groups in total. The number of ether oxygens (including phenoxy) is 1. The van der Waals surface area contributed by atoms with E-state index < -0.39 is 11.6 Å². The van der Waals surface area contributed by atoms with E-state index in [0.717, 1.165) is 6.07 Å². The van der Waals surface area contributed by atoms with Crippen LogP contribution in [0.25, 0.3) is 10.9 Å². The van der Waals surface area contributed by atoms with Crippen LogP contribution in [0.15, 0.2) is 18.2 Å². The average molecular weight is 282 g/mol. The van der Waals surface area contributed by atoms with Gasteiger partial charge in [-0.25, -0.2) is 13.8 Å². The summed E-state index contributed by atoms with van der Waals surface area (Å²) in [5.74, 6) is -1.85. The molecule has 0 atom stereocenters. The number of aromatic nitrogens is 1. The summed E-state index contributed by atoms with van der Waals surface area (Å²) in [4.78, 5) is 4.04. The first-order valence-electron chi connectivity index (χ1n) is 6.31. The van der Waals surface area contributed by atoms with E-state index in [1.807, 2.05) is 0 Å². The van der Waals surface area contributed by atoms with Gasteiger partial charge in [-0.1, -0.05) is 0 Å². The molecule has 0 spiro atoms. The Bertz CT molecular complexity index is 605. The summed E-state index contributed by atoms with van der Waals surface area (Å²) in [7, 11) is 0. The van der Waals surface area contributed by atoms with Crippen molar-refractivity contribution >= 4 is 16.6 Å². The van der Waals surface area contributed by atoms with E-state index in [2.05, 4.69) is 10.3 Å². The van der Waals surface area contributed by atoms with E-state index in [0.29, 0.717) is 29.9 Å². The quantitative estimate of drug-likeness (QED) is 0.798. The van der Waals surface area contributed by atoms with Crippen molar-refractivity contribution in [3.63, 3.8) is 0 Å². The van der Waals surface area contributed by atoms with Crippen LogP contribution < -0.4 is 5.32 Å². The zero-order chi connectivity index (χ0) is 14.5. The zero-order valence-corrected chi connectivity index (χ0v) is 11.1. The lowest BCUT2D eigenvalue weighted by Gasteiger charge is -2.11. The maximum atomic E-state index is 13.7. The number of pyridine rings is 1. The van der Waals surface area contributed by atoms with Crippen LogP contribution >= 0.6 is 0 Å². The second kappa shape index (κ2) is 6.58. The Morgan fingerprint density at radius 2 is 2.10 bits per heavy atom. The second-order valence-corrected chi connectivity index (χ2v) is 4.33. The number of nitrogens with zero attached hydrogens (tertiary/aromatic N) is 1. The molecular weight excluding hydrogens is 266 g/mol. The highest BCUT2D eigenvalue weighted by Gasteiger charge is 2.12. The third-order valence-corrected chi connectivity index (χ3v) is 2.80. The van der Waals surface area contributed by atoms with Crippen molar-refractivity contribution in [1.82, 2.24) is 4.98 Å². The molecule has 0 saturated carbocycles. The number of halogens is 2. The van der Waals surface area contributed by atoms with Crippen molar-refractivity contribution in [2.45, 2.75) is 6.92 Å². The Hall–Kier alpha value is -1.79. The summed E-state index contributed by atoms with van der Waals surface area (Å²) in [6, 6.07) is 4.35. The normalized spacial score (nSPS) is 11.0. The Kier molecular flexibility index (Phi) is 4.81. The van der Waals surface area contributed by atoms with Gasteiger partial charge in [0.05, 0.1) is 19.8 Å². The number of hydrogen-bond acceptors (Lipinski definition) is 4. The van der Waals surface area contributed by atoms with Crippen molar-refractivity contribution in [3.05, 3.63) is 35.5 Å². The molecule has 0 radical (unpaired) electrons. The molecule has 108 valence electrons. The number of hydrogen-bond donors (Lipinski definition) is 2. The molecule has 0 amide bonds. The SMILES string of the molecule is Cc1cc(NCCOCCO)c2ccc(F)c(F)c2n1. The molecule has 0 aliphatic rings. The highest BCUT2D eigenvalue weighted by atomic mass is 19.2. The van der Waals surface area contributed by atoms with Crippen LogP contribution in [0.5, 0.6) is 0 Å². The maximum Gasteiger partial charge on any atom is 0.185 e. The number of benzene rings is 1. The monoisotopic (exact) mass is 282 g/mol. The first kappa shape index (κ1) is 14.6. The molecule has 0 aliphatic heterocycles. The molecular formula is C14H16F2N2O2. The van der Waals surface area contributed by atoms with Gasteiger partial charge in [0.15, 0.2) is 11.6 Å². The van der Waals surface area contributed by atoms with Gasteiger partial charge in [0.1, 0.15) is 5.52 Å². The Morgan fingerprint density at radius 1 is 1.30 bits per heavy atom. The van der Waals surface area contributed by atoms with Crippen LogP contribution in [0.2, 0.25) is 0 Å². The lowest BCUT2D eigenvalue weighted by Crippen LogP contribution is -2.12. The van der Waals surface area contributed by atoms with Gasteiger partial charge < -0.3 is 15.2 Å². The first-order valence-corrected chi connectivity index (χ1v) is 6.31. The van der Waals surface area contributed by atoms with Crippen LogP contribution in [-0.2, 0) is 4.74 Å². The van der Waals surface area contributed by atoms with Gasteiger partial charge in [-0.15, -0.1) is 0 Å². The van der Waals surface area contributed by atoms with Gasteiger partial charge >= 0.3 is 0 Å². The molecule has 2 rings (SSSR count). The average Bonchev–Trinajstić information content (AvgIpc) is 2.43. The molecule has 0 aliphatic carbocycles. The lowest BCUT2D eigenvalue weighted by molar-refractivity contribution is 0.0992. The third-order valence-electron chi connectivity index (χ3n) is 2.80. The largest absolute Gasteiger partial charge is 0.394 e. The maximum absolute atomic E-state index is 13.7. The van der Waals surface area contributed by atoms with Crippen LogP contribution in [0.1, 0.15) is 5.69 Å². The first-order chi connectivity index (χ1) is 9.63. The highest BCUT2D eigenvalue weighted by molar-refractivity contribution is 5.91. The van der Waals surface area contributed by atoms with Gasteiger partial charge in [0.25, 0.3) is 0 Å². The van der Waals surface area contributed by atoms with E-state index >= 15 is 0 Å². The molecule has 0 bridgehead atoms. The molecule has 1 aromatic heterocycles. The van der Waals surface area contributed by atoms with Crippen molar-refractivity contribution in [2.75, 3.05) is 31.7 Å². The number of rotatable bonds is 6. The van der Waals surface area contributed by atoms with Gasteiger partial charge in [-0.05, 0) is 25.1 Å². The number of anilines is 1. The van der Waals surface area contributed by atoms with E-state index in [4.69, 9.17) is 9.84 Å². The van der Waals surface area contributed by atoms with E-state index in [9.17, 15) is 8.78 Å². The molecule has 4 nitrogen and oxygen atoms in total. The number of nitrogens with one attached hydrogen (secondary N) is 1. The van der Waals surface area contributed by atoms with Crippen molar-refractivity contribution in [3.8, 4) is 0 Å². The minimum Gasteiger partial charge on any atom is -0.394 e. The van der Waals surface area contributed by atoms with Crippen molar-refractivity contribution in [1.29, 1.82) is 0 Å². The molecule has 6 heteroatoms. The zero-order valence-electron chi connectivity index (χ0n) is 11.1. The minimum atomic E-state index is -0.939. The molecule has 0 saturated heterocycles. The second-order valence-electron chi connectivity index (χ2n) is 4.33. The topological polar surface area (TPSA) is 54.4 Å². The van der Waals surface area contributed by atoms with Crippen molar-refractivity contribution < 1.29 is 18.6 Å². The van der Waals surface area contributed by atoms with Crippen LogP contribution in [-0.4, -0.2) is 36.5 Å². The molecule has 0 fully saturated rings. The van der Waals surface area contributed by atoms with Gasteiger partial charge in [0, 0.05) is 23.3 Å². The highest BCUT2D eigenvalue weighted by Crippen LogP contribution is 2.26. The molecule has 20 heavy (non-hydrogen) atoms. The summed E-state index contributed by atoms with van der Waals surface area (Å²) in [6.45, 7) is 2.88. The predicted octanol–water partition coefficient (Wildman–Crippen LogP) is 2.24. The summed E-state index contributed by atoms with van der Waals surface area (Å²) < 4.78 is 32.1. The Balaban J connectivity index is 2.22. The summed E-state index contributed by atoms with van der Waals surface area (Å²) in [5.41, 5.74) is 1.29. The predicted molar refractivity (Wildman–Crippen MR) is 72.8 cm³/mol.